The van der Waals surface area contributed by atoms with Crippen molar-refractivity contribution in [1.82, 2.24) is 14.7 Å². The number of nitrogens with one attached hydrogen (secondary N) is 1. The van der Waals surface area contributed by atoms with Crippen molar-refractivity contribution < 1.29 is 27.8 Å². The number of hydrogen-bond acceptors (Lipinski definition) is 5. The summed E-state index contributed by atoms with van der Waals surface area (Å²) < 4.78 is 35.5. The van der Waals surface area contributed by atoms with Crippen LogP contribution in [0.5, 0.6) is 5.75 Å². The van der Waals surface area contributed by atoms with Crippen LogP contribution in [0.3, 0.4) is 0 Å². The molecule has 1 aromatic heterocycles. The van der Waals surface area contributed by atoms with Gasteiger partial charge in [-0.3, -0.25) is 14.3 Å². The van der Waals surface area contributed by atoms with Gasteiger partial charge in [-0.1, -0.05) is 0 Å². The number of carbonyl (C=O) groups excluding carboxylic acids is 2. The van der Waals surface area contributed by atoms with Gasteiger partial charge in [0.05, 0.1) is 25.1 Å². The average molecular weight is 394 g/mol. The summed E-state index contributed by atoms with van der Waals surface area (Å²) in [5, 5.41) is 6.84. The molecule has 150 valence electrons. The van der Waals surface area contributed by atoms with E-state index in [0.717, 1.165) is 0 Å². The summed E-state index contributed by atoms with van der Waals surface area (Å²) in [6.45, 7) is 1.21. The number of amides is 2. The van der Waals surface area contributed by atoms with Crippen molar-refractivity contribution in [2.75, 3.05) is 31.6 Å². The predicted octanol–water partition coefficient (Wildman–Crippen LogP) is 2.23. The van der Waals surface area contributed by atoms with Crippen molar-refractivity contribution >= 4 is 17.5 Å². The molecule has 0 atom stereocenters. The largest absolute Gasteiger partial charge is 0.435 e. The van der Waals surface area contributed by atoms with Crippen molar-refractivity contribution in [3.8, 4) is 5.75 Å². The van der Waals surface area contributed by atoms with E-state index < -0.39 is 12.5 Å². The number of morpholine rings is 1. The Labute approximate surface area is 160 Å². The molecule has 1 fully saturated rings. The Hall–Kier alpha value is -3.01. The molecule has 8 nitrogen and oxygen atoms in total. The normalized spacial score (nSPS) is 14.2. The third-order valence-corrected chi connectivity index (χ3v) is 4.23. The van der Waals surface area contributed by atoms with Gasteiger partial charge in [0.2, 0.25) is 0 Å². The number of anilines is 1. The van der Waals surface area contributed by atoms with Gasteiger partial charge in [0, 0.05) is 25.2 Å². The molecule has 2 aromatic rings. The summed E-state index contributed by atoms with van der Waals surface area (Å²) >= 11 is 0. The van der Waals surface area contributed by atoms with E-state index in [9.17, 15) is 18.4 Å². The highest BCUT2D eigenvalue weighted by atomic mass is 19.3. The Balaban J connectivity index is 1.77. The lowest BCUT2D eigenvalue weighted by molar-refractivity contribution is -0.0498. The summed E-state index contributed by atoms with van der Waals surface area (Å²) in [6.07, 6.45) is 1.42. The van der Waals surface area contributed by atoms with E-state index in [0.29, 0.717) is 32.8 Å². The van der Waals surface area contributed by atoms with Gasteiger partial charge in [-0.2, -0.15) is 13.9 Å². The van der Waals surface area contributed by atoms with Crippen LogP contribution < -0.4 is 10.1 Å². The molecule has 0 radical (unpaired) electrons. The number of aryl methyl sites for hydroxylation is 1. The van der Waals surface area contributed by atoms with Crippen LogP contribution in [0.25, 0.3) is 0 Å². The van der Waals surface area contributed by atoms with Crippen molar-refractivity contribution in [3.63, 3.8) is 0 Å². The molecule has 1 saturated heterocycles. The van der Waals surface area contributed by atoms with Crippen LogP contribution in [0.2, 0.25) is 0 Å². The standard InChI is InChI=1S/C18H20F2N4O4/c1-2-24-15(17(26)23-7-9-27-10-8-23)14(11-21-24)22-16(25)12-3-5-13(6-4-12)28-18(19)20/h3-6,11,18H,2,7-10H2,1H3,(H,22,25). The van der Waals surface area contributed by atoms with Crippen LogP contribution in [0.1, 0.15) is 27.8 Å². The maximum Gasteiger partial charge on any atom is 0.387 e. The number of carbonyl (C=O) groups is 2. The van der Waals surface area contributed by atoms with E-state index in [4.69, 9.17) is 4.74 Å². The average Bonchev–Trinajstić information content (AvgIpc) is 3.10. The number of alkyl halides is 2. The van der Waals surface area contributed by atoms with Crippen LogP contribution in [0, 0.1) is 0 Å². The second kappa shape index (κ2) is 8.79. The molecule has 0 spiro atoms. The number of nitrogens with zero attached hydrogens (tertiary/aromatic N) is 3. The number of halogens is 2. The zero-order chi connectivity index (χ0) is 20.1. The molecule has 0 saturated carbocycles. The first-order valence-electron chi connectivity index (χ1n) is 8.78. The fourth-order valence-corrected chi connectivity index (χ4v) is 2.84. The van der Waals surface area contributed by atoms with Crippen LogP contribution in [0.4, 0.5) is 14.5 Å². The van der Waals surface area contributed by atoms with E-state index in [1.807, 2.05) is 6.92 Å². The predicted molar refractivity (Wildman–Crippen MR) is 95.7 cm³/mol. The molecule has 28 heavy (non-hydrogen) atoms. The quantitative estimate of drug-likeness (QED) is 0.812. The highest BCUT2D eigenvalue weighted by molar-refractivity contribution is 6.08. The second-order valence-electron chi connectivity index (χ2n) is 5.98. The van der Waals surface area contributed by atoms with Crippen molar-refractivity contribution in [2.45, 2.75) is 20.1 Å². The molecule has 1 aromatic carbocycles. The van der Waals surface area contributed by atoms with E-state index in [1.54, 1.807) is 4.90 Å². The maximum absolute atomic E-state index is 12.9. The van der Waals surface area contributed by atoms with Crippen LogP contribution in [0.15, 0.2) is 30.5 Å². The molecule has 0 unspecified atom stereocenters. The molecular formula is C18H20F2N4O4. The fraction of sp³-hybridized carbons (Fsp3) is 0.389. The van der Waals surface area contributed by atoms with E-state index in [-0.39, 0.29) is 28.6 Å². The summed E-state index contributed by atoms with van der Waals surface area (Å²) in [5.74, 6) is -0.776. The highest BCUT2D eigenvalue weighted by Crippen LogP contribution is 2.20. The third kappa shape index (κ3) is 4.45. The lowest BCUT2D eigenvalue weighted by Crippen LogP contribution is -2.41. The fourth-order valence-electron chi connectivity index (χ4n) is 2.84. The number of ether oxygens (including phenoxy) is 2. The van der Waals surface area contributed by atoms with E-state index in [2.05, 4.69) is 15.2 Å². The third-order valence-electron chi connectivity index (χ3n) is 4.23. The number of aromatic nitrogens is 2. The lowest BCUT2D eigenvalue weighted by atomic mass is 10.2. The van der Waals surface area contributed by atoms with Crippen molar-refractivity contribution in [1.29, 1.82) is 0 Å². The van der Waals surface area contributed by atoms with Crippen molar-refractivity contribution in [3.05, 3.63) is 41.7 Å². The molecule has 1 N–H and O–H groups in total. The van der Waals surface area contributed by atoms with Gasteiger partial charge in [-0.15, -0.1) is 0 Å². The molecule has 2 heterocycles. The summed E-state index contributed by atoms with van der Waals surface area (Å²) in [6, 6.07) is 5.27. The Morgan fingerprint density at radius 1 is 1.25 bits per heavy atom. The summed E-state index contributed by atoms with van der Waals surface area (Å²) in [4.78, 5) is 27.1. The van der Waals surface area contributed by atoms with Crippen LogP contribution in [-0.4, -0.2) is 59.4 Å². The first-order chi connectivity index (χ1) is 13.5. The SMILES string of the molecule is CCn1ncc(NC(=O)c2ccc(OC(F)F)cc2)c1C(=O)N1CCOCC1. The van der Waals surface area contributed by atoms with E-state index in [1.165, 1.54) is 35.1 Å². The molecule has 1 aliphatic heterocycles. The van der Waals surface area contributed by atoms with Gasteiger partial charge in [0.15, 0.2) is 0 Å². The molecule has 2 amide bonds. The van der Waals surface area contributed by atoms with Gasteiger partial charge in [0.25, 0.3) is 11.8 Å². The number of hydrogen-bond donors (Lipinski definition) is 1. The number of rotatable bonds is 6. The maximum atomic E-state index is 12.9. The molecule has 0 aliphatic carbocycles. The molecule has 1 aliphatic rings. The van der Waals surface area contributed by atoms with E-state index >= 15 is 0 Å². The van der Waals surface area contributed by atoms with Gasteiger partial charge >= 0.3 is 6.61 Å². The summed E-state index contributed by atoms with van der Waals surface area (Å²) in [7, 11) is 0. The highest BCUT2D eigenvalue weighted by Gasteiger charge is 2.26. The molecular weight excluding hydrogens is 374 g/mol. The zero-order valence-corrected chi connectivity index (χ0v) is 15.2. The molecule has 3 rings (SSSR count). The van der Waals surface area contributed by atoms with Gasteiger partial charge < -0.3 is 19.7 Å². The first kappa shape index (κ1) is 19.7. The monoisotopic (exact) mass is 394 g/mol. The topological polar surface area (TPSA) is 85.7 Å². The van der Waals surface area contributed by atoms with Gasteiger partial charge in [0.1, 0.15) is 11.4 Å². The van der Waals surface area contributed by atoms with Crippen LogP contribution in [-0.2, 0) is 11.3 Å². The Kier molecular flexibility index (Phi) is 6.19. The minimum absolute atomic E-state index is 0.0477. The second-order valence-corrected chi connectivity index (χ2v) is 5.98. The Bertz CT molecular complexity index is 833. The number of benzene rings is 1. The summed E-state index contributed by atoms with van der Waals surface area (Å²) in [5.41, 5.74) is 0.808. The van der Waals surface area contributed by atoms with Gasteiger partial charge in [-0.05, 0) is 31.2 Å². The zero-order valence-electron chi connectivity index (χ0n) is 15.2. The van der Waals surface area contributed by atoms with Gasteiger partial charge in [-0.25, -0.2) is 0 Å². The minimum Gasteiger partial charge on any atom is -0.435 e. The molecule has 10 heteroatoms. The minimum atomic E-state index is -2.94. The smallest absolute Gasteiger partial charge is 0.387 e. The lowest BCUT2D eigenvalue weighted by Gasteiger charge is -2.27. The van der Waals surface area contributed by atoms with Crippen molar-refractivity contribution in [2.24, 2.45) is 0 Å². The van der Waals surface area contributed by atoms with Crippen LogP contribution >= 0.6 is 0 Å². The Morgan fingerprint density at radius 2 is 1.93 bits per heavy atom. The molecule has 0 bridgehead atoms. The Morgan fingerprint density at radius 3 is 2.54 bits per heavy atom. The first-order valence-corrected chi connectivity index (χ1v) is 8.78.